The minimum atomic E-state index is -1.40. The summed E-state index contributed by atoms with van der Waals surface area (Å²) in [5, 5.41) is 13.0. The number of rotatable bonds is 13. The van der Waals surface area contributed by atoms with E-state index in [1.807, 2.05) is 32.0 Å². The van der Waals surface area contributed by atoms with Crippen molar-refractivity contribution in [2.75, 3.05) is 19.8 Å². The molecule has 1 amide bonds. The molecular weight excluding hydrogens is 454 g/mol. The SMILES string of the molecule is C=CCOC(=O)N[C@@H](CC(=O)OCC(C)C)C(O)COC(=O)c1cccc(Oc2ccccc2)c1. The van der Waals surface area contributed by atoms with Gasteiger partial charge in [0.05, 0.1) is 24.6 Å². The Bertz CT molecular complexity index is 976. The number of hydrogen-bond donors (Lipinski definition) is 2. The van der Waals surface area contributed by atoms with Gasteiger partial charge in [-0.05, 0) is 36.2 Å². The smallest absolute Gasteiger partial charge is 0.407 e. The molecule has 0 heterocycles. The lowest BCUT2D eigenvalue weighted by atomic mass is 10.1. The van der Waals surface area contributed by atoms with Gasteiger partial charge >= 0.3 is 18.0 Å². The highest BCUT2D eigenvalue weighted by Gasteiger charge is 2.27. The molecular formula is C26H31NO8. The highest BCUT2D eigenvalue weighted by atomic mass is 16.6. The average molecular weight is 486 g/mol. The molecule has 2 aromatic rings. The number of ether oxygens (including phenoxy) is 4. The highest BCUT2D eigenvalue weighted by molar-refractivity contribution is 5.89. The van der Waals surface area contributed by atoms with Crippen LogP contribution in [0.25, 0.3) is 0 Å². The predicted molar refractivity (Wildman–Crippen MR) is 128 cm³/mol. The Balaban J connectivity index is 1.98. The van der Waals surface area contributed by atoms with Crippen LogP contribution in [0.15, 0.2) is 67.3 Å². The maximum absolute atomic E-state index is 12.5. The molecule has 2 atom stereocenters. The molecule has 2 rings (SSSR count). The molecule has 1 unspecified atom stereocenters. The van der Waals surface area contributed by atoms with Crippen molar-refractivity contribution in [2.45, 2.75) is 32.4 Å². The minimum Gasteiger partial charge on any atom is -0.465 e. The van der Waals surface area contributed by atoms with Gasteiger partial charge in [0.25, 0.3) is 0 Å². The first kappa shape index (κ1) is 27.4. The molecule has 0 aromatic heterocycles. The second-order valence-electron chi connectivity index (χ2n) is 8.03. The fraction of sp³-hybridized carbons (Fsp3) is 0.346. The van der Waals surface area contributed by atoms with Gasteiger partial charge in [-0.1, -0.05) is 50.8 Å². The molecule has 0 aliphatic carbocycles. The predicted octanol–water partition coefficient (Wildman–Crippen LogP) is 3.87. The van der Waals surface area contributed by atoms with Crippen LogP contribution in [0.4, 0.5) is 4.79 Å². The largest absolute Gasteiger partial charge is 0.465 e. The van der Waals surface area contributed by atoms with Gasteiger partial charge in [-0.15, -0.1) is 0 Å². The van der Waals surface area contributed by atoms with Crippen LogP contribution in [0.3, 0.4) is 0 Å². The summed E-state index contributed by atoms with van der Waals surface area (Å²) < 4.78 is 20.9. The number of nitrogens with one attached hydrogen (secondary N) is 1. The zero-order valence-electron chi connectivity index (χ0n) is 19.8. The van der Waals surface area contributed by atoms with Gasteiger partial charge in [0.2, 0.25) is 0 Å². The Morgan fingerprint density at radius 1 is 0.971 bits per heavy atom. The second-order valence-corrected chi connectivity index (χ2v) is 8.03. The standard InChI is InChI=1S/C26H31NO8/c1-4-13-32-26(31)27-22(15-24(29)33-16-18(2)3)23(28)17-34-25(30)19-9-8-12-21(14-19)35-20-10-6-5-7-11-20/h4-12,14,18,22-23,28H,1,13,15-17H2,2-3H3,(H,27,31)/t22-,23?/m0/s1. The Hall–Kier alpha value is -3.85. The van der Waals surface area contributed by atoms with Gasteiger partial charge in [0, 0.05) is 0 Å². The maximum atomic E-state index is 12.5. The van der Waals surface area contributed by atoms with Crippen molar-refractivity contribution < 1.29 is 38.4 Å². The van der Waals surface area contributed by atoms with Crippen LogP contribution in [0.2, 0.25) is 0 Å². The van der Waals surface area contributed by atoms with Crippen molar-refractivity contribution in [1.82, 2.24) is 5.32 Å². The third kappa shape index (κ3) is 10.3. The Kier molecular flexibility index (Phi) is 11.3. The van der Waals surface area contributed by atoms with Crippen LogP contribution in [-0.2, 0) is 19.0 Å². The van der Waals surface area contributed by atoms with Gasteiger partial charge < -0.3 is 29.4 Å². The van der Waals surface area contributed by atoms with Crippen LogP contribution < -0.4 is 10.1 Å². The van der Waals surface area contributed by atoms with E-state index < -0.39 is 36.8 Å². The van der Waals surface area contributed by atoms with Crippen LogP contribution in [0, 0.1) is 5.92 Å². The molecule has 0 aliphatic rings. The van der Waals surface area contributed by atoms with Gasteiger partial charge in [-0.3, -0.25) is 4.79 Å². The first-order valence-electron chi connectivity index (χ1n) is 11.2. The molecule has 0 fully saturated rings. The molecule has 0 bridgehead atoms. The summed E-state index contributed by atoms with van der Waals surface area (Å²) >= 11 is 0. The Labute approximate surface area is 204 Å². The third-order valence-corrected chi connectivity index (χ3v) is 4.50. The van der Waals surface area contributed by atoms with Gasteiger partial charge in [-0.25, -0.2) is 9.59 Å². The summed E-state index contributed by atoms with van der Waals surface area (Å²) in [5.41, 5.74) is 0.205. The molecule has 0 saturated carbocycles. The quantitative estimate of drug-likeness (QED) is 0.249. The fourth-order valence-electron chi connectivity index (χ4n) is 2.78. The van der Waals surface area contributed by atoms with E-state index in [-0.39, 0.29) is 31.1 Å². The summed E-state index contributed by atoms with van der Waals surface area (Å²) in [6.07, 6.45) is -1.22. The highest BCUT2D eigenvalue weighted by Crippen LogP contribution is 2.22. The van der Waals surface area contributed by atoms with E-state index in [1.54, 1.807) is 24.3 Å². The Morgan fingerprint density at radius 2 is 1.69 bits per heavy atom. The average Bonchev–Trinajstić information content (AvgIpc) is 2.85. The van der Waals surface area contributed by atoms with Crippen LogP contribution in [-0.4, -0.2) is 55.1 Å². The summed E-state index contributed by atoms with van der Waals surface area (Å²) in [5.74, 6) is -0.170. The lowest BCUT2D eigenvalue weighted by molar-refractivity contribution is -0.146. The summed E-state index contributed by atoms with van der Waals surface area (Å²) in [6, 6.07) is 14.3. The third-order valence-electron chi connectivity index (χ3n) is 4.50. The fourth-order valence-corrected chi connectivity index (χ4v) is 2.78. The second kappa shape index (κ2) is 14.4. The van der Waals surface area contributed by atoms with Gasteiger partial charge in [0.1, 0.15) is 30.8 Å². The number of alkyl carbamates (subject to hydrolysis) is 1. The van der Waals surface area contributed by atoms with Crippen molar-refractivity contribution in [3.8, 4) is 11.5 Å². The number of esters is 2. The van der Waals surface area contributed by atoms with E-state index in [0.29, 0.717) is 11.5 Å². The van der Waals surface area contributed by atoms with Crippen LogP contribution in [0.5, 0.6) is 11.5 Å². The monoisotopic (exact) mass is 485 g/mol. The van der Waals surface area contributed by atoms with E-state index in [4.69, 9.17) is 18.9 Å². The molecule has 35 heavy (non-hydrogen) atoms. The molecule has 9 nitrogen and oxygen atoms in total. The molecule has 0 saturated heterocycles. The number of hydrogen-bond acceptors (Lipinski definition) is 8. The maximum Gasteiger partial charge on any atom is 0.407 e. The zero-order valence-corrected chi connectivity index (χ0v) is 19.8. The van der Waals surface area contributed by atoms with E-state index in [9.17, 15) is 19.5 Å². The summed E-state index contributed by atoms with van der Waals surface area (Å²) in [7, 11) is 0. The number of carbonyl (C=O) groups is 3. The zero-order chi connectivity index (χ0) is 25.6. The molecule has 188 valence electrons. The number of aliphatic hydroxyl groups is 1. The topological polar surface area (TPSA) is 120 Å². The lowest BCUT2D eigenvalue weighted by Gasteiger charge is -2.23. The first-order chi connectivity index (χ1) is 16.8. The van der Waals surface area contributed by atoms with Crippen molar-refractivity contribution in [2.24, 2.45) is 5.92 Å². The number of benzene rings is 2. The number of amides is 1. The van der Waals surface area contributed by atoms with Crippen molar-refractivity contribution in [1.29, 1.82) is 0 Å². The van der Waals surface area contributed by atoms with Crippen LogP contribution >= 0.6 is 0 Å². The normalized spacial score (nSPS) is 12.2. The molecule has 2 aromatic carbocycles. The van der Waals surface area contributed by atoms with Crippen LogP contribution in [0.1, 0.15) is 30.6 Å². The molecule has 2 N–H and O–H groups in total. The molecule has 0 aliphatic heterocycles. The van der Waals surface area contributed by atoms with E-state index in [1.165, 1.54) is 18.2 Å². The summed E-state index contributed by atoms with van der Waals surface area (Å²) in [4.78, 5) is 36.6. The van der Waals surface area contributed by atoms with Crippen molar-refractivity contribution in [3.05, 3.63) is 72.8 Å². The van der Waals surface area contributed by atoms with Gasteiger partial charge in [0.15, 0.2) is 0 Å². The molecule has 9 heteroatoms. The Morgan fingerprint density at radius 3 is 2.37 bits per heavy atom. The van der Waals surface area contributed by atoms with Gasteiger partial charge in [-0.2, -0.15) is 0 Å². The number of aliphatic hydroxyl groups excluding tert-OH is 1. The van der Waals surface area contributed by atoms with E-state index >= 15 is 0 Å². The first-order valence-corrected chi connectivity index (χ1v) is 11.2. The molecule has 0 spiro atoms. The molecule has 0 radical (unpaired) electrons. The summed E-state index contributed by atoms with van der Waals surface area (Å²) in [6.45, 7) is 6.87. The van der Waals surface area contributed by atoms with E-state index in [2.05, 4.69) is 11.9 Å². The minimum absolute atomic E-state index is 0.0528. The number of para-hydroxylation sites is 1. The number of carbonyl (C=O) groups excluding carboxylic acids is 3. The lowest BCUT2D eigenvalue weighted by Crippen LogP contribution is -2.47. The van der Waals surface area contributed by atoms with Crippen molar-refractivity contribution in [3.63, 3.8) is 0 Å². The van der Waals surface area contributed by atoms with E-state index in [0.717, 1.165) is 0 Å². The van der Waals surface area contributed by atoms with Crippen molar-refractivity contribution >= 4 is 18.0 Å².